The summed E-state index contributed by atoms with van der Waals surface area (Å²) in [5.74, 6) is -0.553. The summed E-state index contributed by atoms with van der Waals surface area (Å²) in [5, 5.41) is 11.2. The maximum atomic E-state index is 12.5. The first-order chi connectivity index (χ1) is 9.56. The zero-order valence-electron chi connectivity index (χ0n) is 10.6. The number of ether oxygens (including phenoxy) is 1. The third-order valence-corrected chi connectivity index (χ3v) is 4.43. The number of carbonyl (C=O) groups excluding carboxylic acids is 1. The Hall–Kier alpha value is -2.21. The minimum absolute atomic E-state index is 0.0933. The second-order valence-electron chi connectivity index (χ2n) is 5.51. The Morgan fingerprint density at radius 3 is 2.70 bits per heavy atom. The molecule has 0 aliphatic carbocycles. The predicted molar refractivity (Wildman–Crippen MR) is 69.6 cm³/mol. The lowest BCUT2D eigenvalue weighted by molar-refractivity contribution is -0.607. The Morgan fingerprint density at radius 1 is 1.30 bits per heavy atom. The maximum absolute atomic E-state index is 12.5. The zero-order valence-corrected chi connectivity index (χ0v) is 10.6. The first-order valence-corrected chi connectivity index (χ1v) is 6.48. The number of rotatable bonds is 2. The molecule has 4 rings (SSSR count). The number of nitrogens with zero attached hydrogens (tertiary/aromatic N) is 2. The Balaban J connectivity index is 1.71. The Morgan fingerprint density at radius 2 is 2.05 bits per heavy atom. The maximum Gasteiger partial charge on any atom is 0.346 e. The van der Waals surface area contributed by atoms with Crippen molar-refractivity contribution in [2.45, 2.75) is 17.7 Å². The lowest BCUT2D eigenvalue weighted by Gasteiger charge is -2.21. The van der Waals surface area contributed by atoms with Crippen molar-refractivity contribution in [3.63, 3.8) is 0 Å². The molecule has 3 aliphatic heterocycles. The van der Waals surface area contributed by atoms with Crippen LogP contribution in [0.1, 0.15) is 6.42 Å². The van der Waals surface area contributed by atoms with E-state index in [4.69, 9.17) is 4.74 Å². The van der Waals surface area contributed by atoms with E-state index in [9.17, 15) is 14.9 Å². The van der Waals surface area contributed by atoms with Crippen LogP contribution in [-0.2, 0) is 9.53 Å². The van der Waals surface area contributed by atoms with Crippen LogP contribution >= 0.6 is 0 Å². The van der Waals surface area contributed by atoms with Gasteiger partial charge in [0.1, 0.15) is 5.60 Å². The molecule has 3 heterocycles. The fraction of sp³-hybridized carbons (Fsp3) is 0.357. The molecule has 3 atom stereocenters. The molecule has 3 aliphatic rings. The lowest BCUT2D eigenvalue weighted by atomic mass is 9.84. The van der Waals surface area contributed by atoms with Gasteiger partial charge in [0.25, 0.3) is 0 Å². The number of anilines is 1. The van der Waals surface area contributed by atoms with E-state index in [1.807, 2.05) is 30.3 Å². The average Bonchev–Trinajstić information content (AvgIpc) is 3.07. The van der Waals surface area contributed by atoms with Gasteiger partial charge in [-0.1, -0.05) is 18.2 Å². The van der Waals surface area contributed by atoms with Crippen molar-refractivity contribution >= 4 is 11.6 Å². The summed E-state index contributed by atoms with van der Waals surface area (Å²) in [6, 6.07) is 9.32. The SMILES string of the molecule is O=C1C2CC3([N+](=O)[O-])C=CC2(CN1c1ccccc1)O3. The Labute approximate surface area is 114 Å². The molecule has 0 aromatic heterocycles. The minimum atomic E-state index is -1.50. The molecular weight excluding hydrogens is 260 g/mol. The number of para-hydroxylation sites is 1. The summed E-state index contributed by atoms with van der Waals surface area (Å²) >= 11 is 0. The van der Waals surface area contributed by atoms with Crippen molar-refractivity contribution in [2.24, 2.45) is 5.92 Å². The largest absolute Gasteiger partial charge is 0.346 e. The monoisotopic (exact) mass is 272 g/mol. The van der Waals surface area contributed by atoms with Crippen LogP contribution in [0, 0.1) is 16.0 Å². The number of amides is 1. The summed E-state index contributed by atoms with van der Waals surface area (Å²) in [6.45, 7) is 0.340. The molecule has 0 N–H and O–H groups in total. The Bertz CT molecular complexity index is 644. The molecular formula is C14H12N2O4. The van der Waals surface area contributed by atoms with E-state index in [-0.39, 0.29) is 12.3 Å². The third kappa shape index (κ3) is 1.24. The summed E-state index contributed by atoms with van der Waals surface area (Å²) in [5.41, 5.74) is -1.53. The first-order valence-electron chi connectivity index (χ1n) is 6.48. The summed E-state index contributed by atoms with van der Waals surface area (Å²) < 4.78 is 5.68. The van der Waals surface area contributed by atoms with Crippen molar-refractivity contribution < 1.29 is 14.5 Å². The molecule has 1 amide bonds. The Kier molecular flexibility index (Phi) is 2.01. The van der Waals surface area contributed by atoms with Crippen LogP contribution in [0.4, 0.5) is 5.69 Å². The van der Waals surface area contributed by atoms with Crippen LogP contribution in [0.2, 0.25) is 0 Å². The highest BCUT2D eigenvalue weighted by Crippen LogP contribution is 2.54. The van der Waals surface area contributed by atoms with Gasteiger partial charge in [-0.05, 0) is 18.2 Å². The van der Waals surface area contributed by atoms with Gasteiger partial charge in [-0.3, -0.25) is 19.6 Å². The standard InChI is InChI=1S/C14H12N2O4/c17-12-11-8-14(16(18)19)7-6-13(11,20-14)9-15(12)10-4-2-1-3-5-10/h1-7,11H,8-9H2. The fourth-order valence-corrected chi connectivity index (χ4v) is 3.43. The van der Waals surface area contributed by atoms with Crippen LogP contribution in [0.5, 0.6) is 0 Å². The van der Waals surface area contributed by atoms with E-state index in [0.717, 1.165) is 5.69 Å². The molecule has 3 unspecified atom stereocenters. The highest BCUT2D eigenvalue weighted by molar-refractivity contribution is 5.99. The molecule has 6 nitrogen and oxygen atoms in total. The normalized spacial score (nSPS) is 37.5. The van der Waals surface area contributed by atoms with Crippen LogP contribution in [-0.4, -0.2) is 28.7 Å². The van der Waals surface area contributed by atoms with Crippen molar-refractivity contribution in [2.75, 3.05) is 11.4 Å². The predicted octanol–water partition coefficient (Wildman–Crippen LogP) is 1.35. The molecule has 1 aromatic carbocycles. The molecule has 1 spiro atoms. The van der Waals surface area contributed by atoms with Crippen LogP contribution in [0.3, 0.4) is 0 Å². The van der Waals surface area contributed by atoms with Gasteiger partial charge in [0.15, 0.2) is 0 Å². The van der Waals surface area contributed by atoms with Crippen molar-refractivity contribution in [3.05, 3.63) is 52.6 Å². The molecule has 20 heavy (non-hydrogen) atoms. The lowest BCUT2D eigenvalue weighted by Crippen LogP contribution is -2.38. The topological polar surface area (TPSA) is 72.7 Å². The number of nitro groups is 1. The summed E-state index contributed by atoms with van der Waals surface area (Å²) in [4.78, 5) is 24.9. The van der Waals surface area contributed by atoms with Crippen molar-refractivity contribution in [1.82, 2.24) is 0 Å². The molecule has 6 heteroatoms. The van der Waals surface area contributed by atoms with Gasteiger partial charge in [0, 0.05) is 11.8 Å². The van der Waals surface area contributed by atoms with Gasteiger partial charge >= 0.3 is 5.72 Å². The molecule has 0 radical (unpaired) electrons. The first kappa shape index (κ1) is 11.6. The minimum Gasteiger partial charge on any atom is -0.309 e. The molecule has 2 fully saturated rings. The average molecular weight is 272 g/mol. The number of hydrogen-bond donors (Lipinski definition) is 0. The summed E-state index contributed by atoms with van der Waals surface area (Å²) in [6.07, 6.45) is 3.31. The molecule has 2 bridgehead atoms. The highest BCUT2D eigenvalue weighted by atomic mass is 16.7. The van der Waals surface area contributed by atoms with Gasteiger partial charge in [0.2, 0.25) is 5.91 Å². The van der Waals surface area contributed by atoms with Gasteiger partial charge in [-0.2, -0.15) is 0 Å². The van der Waals surface area contributed by atoms with Gasteiger partial charge in [-0.15, -0.1) is 0 Å². The zero-order chi connectivity index (χ0) is 14.0. The van der Waals surface area contributed by atoms with Gasteiger partial charge in [0.05, 0.1) is 23.8 Å². The number of hydrogen-bond acceptors (Lipinski definition) is 4. The summed E-state index contributed by atoms with van der Waals surface area (Å²) in [7, 11) is 0. The van der Waals surface area contributed by atoms with E-state index in [1.54, 1.807) is 11.0 Å². The quantitative estimate of drug-likeness (QED) is 0.463. The second kappa shape index (κ2) is 3.46. The highest BCUT2D eigenvalue weighted by Gasteiger charge is 2.71. The molecule has 0 saturated carbocycles. The van der Waals surface area contributed by atoms with Crippen molar-refractivity contribution in [1.29, 1.82) is 0 Å². The van der Waals surface area contributed by atoms with Crippen molar-refractivity contribution in [3.8, 4) is 0 Å². The molecule has 102 valence electrons. The fourth-order valence-electron chi connectivity index (χ4n) is 3.43. The van der Waals surface area contributed by atoms with Gasteiger partial charge < -0.3 is 4.90 Å². The molecule has 1 aromatic rings. The number of benzene rings is 1. The third-order valence-electron chi connectivity index (χ3n) is 4.43. The number of carbonyl (C=O) groups is 1. The second-order valence-corrected chi connectivity index (χ2v) is 5.51. The molecule has 2 saturated heterocycles. The van der Waals surface area contributed by atoms with Crippen LogP contribution < -0.4 is 4.90 Å². The van der Waals surface area contributed by atoms with E-state index in [1.165, 1.54) is 6.08 Å². The van der Waals surface area contributed by atoms with Gasteiger partial charge in [-0.25, -0.2) is 0 Å². The van der Waals surface area contributed by atoms with Crippen LogP contribution in [0.25, 0.3) is 0 Å². The van der Waals surface area contributed by atoms with E-state index in [2.05, 4.69) is 0 Å². The van der Waals surface area contributed by atoms with E-state index in [0.29, 0.717) is 6.54 Å². The smallest absolute Gasteiger partial charge is 0.309 e. The van der Waals surface area contributed by atoms with E-state index < -0.39 is 22.2 Å². The number of fused-ring (bicyclic) bond motifs is 1. The van der Waals surface area contributed by atoms with Crippen LogP contribution in [0.15, 0.2) is 42.5 Å². The van der Waals surface area contributed by atoms with E-state index >= 15 is 0 Å².